The molecule has 0 saturated carbocycles. The number of hydrogen-bond donors (Lipinski definition) is 4. The monoisotopic (exact) mass is 226 g/mol. The average Bonchev–Trinajstić information content (AvgIpc) is 2.04. The highest BCUT2D eigenvalue weighted by atomic mass is 16.6. The van der Waals surface area contributed by atoms with Gasteiger partial charge in [-0.2, -0.15) is 0 Å². The van der Waals surface area contributed by atoms with E-state index in [1.807, 2.05) is 20.8 Å². The van der Waals surface area contributed by atoms with E-state index in [1.54, 1.807) is 0 Å². The van der Waals surface area contributed by atoms with Crippen molar-refractivity contribution in [2.45, 2.75) is 33.3 Å². The van der Waals surface area contributed by atoms with Gasteiger partial charge in [-0.15, -0.1) is 0 Å². The molecule has 0 aromatic carbocycles. The summed E-state index contributed by atoms with van der Waals surface area (Å²) in [5.74, 6) is 0. The van der Waals surface area contributed by atoms with Gasteiger partial charge in [0.05, 0.1) is 12.7 Å². The van der Waals surface area contributed by atoms with Gasteiger partial charge in [0.25, 0.3) is 0 Å². The van der Waals surface area contributed by atoms with Crippen LogP contribution < -0.4 is 10.7 Å². The molecular formula is C7H18N2O6. The van der Waals surface area contributed by atoms with Gasteiger partial charge in [0, 0.05) is 10.7 Å². The average molecular weight is 226 g/mol. The second-order valence-electron chi connectivity index (χ2n) is 3.77. The summed E-state index contributed by atoms with van der Waals surface area (Å²) < 4.78 is 0. The predicted molar refractivity (Wildman–Crippen MR) is 52.6 cm³/mol. The summed E-state index contributed by atoms with van der Waals surface area (Å²) in [6, 6.07) is 0. The molecule has 0 fully saturated rings. The van der Waals surface area contributed by atoms with Gasteiger partial charge in [-0.3, -0.25) is 20.2 Å². The van der Waals surface area contributed by atoms with Crippen molar-refractivity contribution < 1.29 is 20.9 Å². The van der Waals surface area contributed by atoms with Crippen LogP contribution in [0.2, 0.25) is 0 Å². The largest absolute Gasteiger partial charge is 0.394 e. The first kappa shape index (κ1) is 19.3. The molecule has 8 heteroatoms. The Balaban J connectivity index is -0.000000200. The Morgan fingerprint density at radius 3 is 1.53 bits per heavy atom. The van der Waals surface area contributed by atoms with Crippen LogP contribution in [-0.4, -0.2) is 22.9 Å². The molecule has 0 heterocycles. The van der Waals surface area contributed by atoms with Gasteiger partial charge in [-0.1, -0.05) is 20.8 Å². The first-order valence-corrected chi connectivity index (χ1v) is 4.06. The number of rotatable bonds is 2. The van der Waals surface area contributed by atoms with Gasteiger partial charge >= 0.3 is 0 Å². The lowest BCUT2D eigenvalue weighted by molar-refractivity contribution is -0.399. The van der Waals surface area contributed by atoms with Crippen molar-refractivity contribution >= 4 is 0 Å². The lowest BCUT2D eigenvalue weighted by Gasteiger charge is -2.20. The van der Waals surface area contributed by atoms with E-state index in [-0.39, 0.29) is 22.7 Å². The molecular weight excluding hydrogens is 208 g/mol. The second-order valence-corrected chi connectivity index (χ2v) is 3.77. The molecule has 0 spiro atoms. The van der Waals surface area contributed by atoms with Crippen molar-refractivity contribution in [2.75, 3.05) is 6.61 Å². The Morgan fingerprint density at radius 1 is 1.20 bits per heavy atom. The number of aliphatic hydroxyl groups excluding tert-OH is 2. The smallest absolute Gasteiger partial charge is 0.0775 e. The van der Waals surface area contributed by atoms with E-state index in [9.17, 15) is 0 Å². The van der Waals surface area contributed by atoms with E-state index in [1.165, 1.54) is 0 Å². The minimum atomic E-state index is -0.551. The molecule has 0 rings (SSSR count). The molecule has 4 N–H and O–H groups in total. The zero-order valence-electron chi connectivity index (χ0n) is 9.02. The maximum absolute atomic E-state index is 8.94. The van der Waals surface area contributed by atoms with E-state index in [0.29, 0.717) is 6.42 Å². The third kappa shape index (κ3) is 44.7. The summed E-state index contributed by atoms with van der Waals surface area (Å²) in [4.78, 5) is 16.2. The lowest BCUT2D eigenvalue weighted by Crippen LogP contribution is -2.53. The van der Waals surface area contributed by atoms with Crippen molar-refractivity contribution in [3.63, 3.8) is 0 Å². The summed E-state index contributed by atoms with van der Waals surface area (Å²) >= 11 is 0. The molecule has 1 unspecified atom stereocenters. The van der Waals surface area contributed by atoms with Gasteiger partial charge in [0.15, 0.2) is 0 Å². The van der Waals surface area contributed by atoms with Gasteiger partial charge in [0.2, 0.25) is 0 Å². The first-order chi connectivity index (χ1) is 6.78. The molecule has 0 aromatic heterocycles. The molecule has 0 aromatic rings. The minimum Gasteiger partial charge on any atom is -0.394 e. The Bertz CT molecular complexity index is 141. The highest BCUT2D eigenvalue weighted by molar-refractivity contribution is 4.66. The number of hydrogen-bond acceptors (Lipinski definition) is 6. The maximum Gasteiger partial charge on any atom is 0.0775 e. The third-order valence-corrected chi connectivity index (χ3v) is 1.06. The van der Waals surface area contributed by atoms with Gasteiger partial charge < -0.3 is 10.2 Å². The van der Waals surface area contributed by atoms with Crippen LogP contribution in [0.1, 0.15) is 27.2 Å². The Hall–Kier alpha value is -1.28. The third-order valence-electron chi connectivity index (χ3n) is 1.06. The van der Waals surface area contributed by atoms with Crippen LogP contribution in [0.4, 0.5) is 0 Å². The topological polar surface area (TPSA) is 149 Å². The normalized spacial score (nSPS) is 11.0. The van der Waals surface area contributed by atoms with Gasteiger partial charge in [0.1, 0.15) is 0 Å². The van der Waals surface area contributed by atoms with E-state index in [2.05, 4.69) is 0 Å². The molecule has 1 atom stereocenters. The summed E-state index contributed by atoms with van der Waals surface area (Å²) in [5, 5.41) is 34.1. The fourth-order valence-corrected chi connectivity index (χ4v) is 0.771. The second kappa shape index (κ2) is 12.7. The van der Waals surface area contributed by atoms with Crippen molar-refractivity contribution in [1.82, 2.24) is 0 Å². The molecule has 0 aliphatic carbocycles. The van der Waals surface area contributed by atoms with Crippen LogP contribution in [0.15, 0.2) is 0 Å². The zero-order chi connectivity index (χ0) is 12.9. The first-order valence-electron chi connectivity index (χ1n) is 4.06. The SMILES string of the molecule is CC(C)(C)CC(O)CO.O=[NH+][O-].O=[NH+][O-]. The Kier molecular flexibility index (Phi) is 16.4. The fourth-order valence-electron chi connectivity index (χ4n) is 0.771. The predicted octanol–water partition coefficient (Wildman–Crippen LogP) is -2.56. The van der Waals surface area contributed by atoms with Crippen molar-refractivity contribution in [3.8, 4) is 0 Å². The van der Waals surface area contributed by atoms with E-state index in [4.69, 9.17) is 30.4 Å². The van der Waals surface area contributed by atoms with Crippen LogP contribution in [-0.2, 0) is 0 Å². The molecule has 92 valence electrons. The standard InChI is InChI=1S/C7H16O2.2HNO2/c1-7(2,3)4-6(9)5-8;2*2-1-3/h6,8-9H,4-5H2,1-3H3;2*1H. The van der Waals surface area contributed by atoms with E-state index in [0.717, 1.165) is 0 Å². The molecule has 8 nitrogen and oxygen atoms in total. The number of aliphatic hydroxyl groups is 2. The van der Waals surface area contributed by atoms with Crippen molar-refractivity contribution in [3.05, 3.63) is 20.2 Å². The Labute approximate surface area is 87.4 Å². The molecule has 0 aliphatic heterocycles. The molecule has 0 aliphatic rings. The minimum absolute atomic E-state index is 0.113. The quantitative estimate of drug-likeness (QED) is 0.300. The van der Waals surface area contributed by atoms with Crippen LogP contribution in [0, 0.1) is 25.6 Å². The summed E-state index contributed by atoms with van der Waals surface area (Å²) in [5.41, 5.74) is 0.113. The van der Waals surface area contributed by atoms with Gasteiger partial charge in [-0.25, -0.2) is 0 Å². The molecule has 0 bridgehead atoms. The number of nitrogens with one attached hydrogen (secondary N) is 2. The molecule has 0 radical (unpaired) electrons. The molecule has 15 heavy (non-hydrogen) atoms. The molecule has 0 saturated heterocycles. The van der Waals surface area contributed by atoms with Crippen LogP contribution in [0.3, 0.4) is 0 Å². The summed E-state index contributed by atoms with van der Waals surface area (Å²) in [6.07, 6.45) is 0.105. The lowest BCUT2D eigenvalue weighted by atomic mass is 9.89. The highest BCUT2D eigenvalue weighted by Gasteiger charge is 2.15. The van der Waals surface area contributed by atoms with Gasteiger partial charge in [-0.05, 0) is 11.8 Å². The Morgan fingerprint density at radius 2 is 1.47 bits per heavy atom. The highest BCUT2D eigenvalue weighted by Crippen LogP contribution is 2.20. The van der Waals surface area contributed by atoms with Crippen LogP contribution in [0.25, 0.3) is 0 Å². The van der Waals surface area contributed by atoms with Crippen LogP contribution in [0.5, 0.6) is 0 Å². The zero-order valence-corrected chi connectivity index (χ0v) is 9.02. The van der Waals surface area contributed by atoms with Crippen molar-refractivity contribution in [2.24, 2.45) is 5.41 Å². The molecule has 0 amide bonds. The van der Waals surface area contributed by atoms with Crippen LogP contribution >= 0.6 is 0 Å². The summed E-state index contributed by atoms with van der Waals surface area (Å²) in [7, 11) is 0. The van der Waals surface area contributed by atoms with E-state index < -0.39 is 6.10 Å². The van der Waals surface area contributed by atoms with E-state index >= 15 is 0 Å². The van der Waals surface area contributed by atoms with Crippen molar-refractivity contribution in [1.29, 1.82) is 0 Å². The maximum atomic E-state index is 8.94. The summed E-state index contributed by atoms with van der Waals surface area (Å²) in [6.45, 7) is 5.97. The fraction of sp³-hybridized carbons (Fsp3) is 1.00.